The molecule has 1 aromatic carbocycles. The first-order chi connectivity index (χ1) is 9.22. The van der Waals surface area contributed by atoms with Gasteiger partial charge in [-0.1, -0.05) is 25.1 Å². The summed E-state index contributed by atoms with van der Waals surface area (Å²) in [7, 11) is 0. The van der Waals surface area contributed by atoms with Crippen molar-refractivity contribution in [2.45, 2.75) is 25.8 Å². The molecule has 1 fully saturated rings. The van der Waals surface area contributed by atoms with E-state index in [9.17, 15) is 4.79 Å². The predicted molar refractivity (Wildman–Crippen MR) is 76.6 cm³/mol. The second kappa shape index (κ2) is 6.80. The molecular formula is C15H20ClNO2. The quantitative estimate of drug-likeness (QED) is 0.777. The van der Waals surface area contributed by atoms with Crippen molar-refractivity contribution in [1.29, 1.82) is 0 Å². The molecule has 0 bridgehead atoms. The average molecular weight is 282 g/mol. The highest BCUT2D eigenvalue weighted by molar-refractivity contribution is 6.18. The predicted octanol–water partition coefficient (Wildman–Crippen LogP) is 2.93. The zero-order chi connectivity index (χ0) is 13.7. The summed E-state index contributed by atoms with van der Waals surface area (Å²) in [5, 5.41) is 0. The molecule has 2 unspecified atom stereocenters. The van der Waals surface area contributed by atoms with Crippen LogP contribution in [0.5, 0.6) is 5.75 Å². The lowest BCUT2D eigenvalue weighted by Crippen LogP contribution is -2.39. The second-order valence-electron chi connectivity index (χ2n) is 4.99. The molecular weight excluding hydrogens is 262 g/mol. The van der Waals surface area contributed by atoms with Gasteiger partial charge in [0.1, 0.15) is 5.75 Å². The molecule has 0 N–H and O–H groups in total. The number of hydrogen-bond acceptors (Lipinski definition) is 2. The zero-order valence-corrected chi connectivity index (χ0v) is 12.0. The van der Waals surface area contributed by atoms with Crippen LogP contribution in [0.3, 0.4) is 0 Å². The van der Waals surface area contributed by atoms with Gasteiger partial charge in [-0.15, -0.1) is 11.6 Å². The summed E-state index contributed by atoms with van der Waals surface area (Å²) in [5.41, 5.74) is 0. The highest BCUT2D eigenvalue weighted by Crippen LogP contribution is 2.25. The van der Waals surface area contributed by atoms with E-state index in [0.29, 0.717) is 24.8 Å². The van der Waals surface area contributed by atoms with Crippen LogP contribution in [0.4, 0.5) is 0 Å². The van der Waals surface area contributed by atoms with Gasteiger partial charge in [0.2, 0.25) is 5.91 Å². The Labute approximate surface area is 119 Å². The van der Waals surface area contributed by atoms with Crippen molar-refractivity contribution >= 4 is 17.5 Å². The van der Waals surface area contributed by atoms with Crippen LogP contribution in [0.25, 0.3) is 0 Å². The van der Waals surface area contributed by atoms with E-state index in [-0.39, 0.29) is 11.9 Å². The van der Waals surface area contributed by atoms with Crippen molar-refractivity contribution in [2.75, 3.05) is 19.0 Å². The Bertz CT molecular complexity index is 410. The van der Waals surface area contributed by atoms with E-state index >= 15 is 0 Å². The first-order valence-corrected chi connectivity index (χ1v) is 7.29. The van der Waals surface area contributed by atoms with Crippen molar-refractivity contribution in [2.24, 2.45) is 5.92 Å². The maximum Gasteiger partial charge on any atom is 0.226 e. The summed E-state index contributed by atoms with van der Waals surface area (Å²) in [6.45, 7) is 3.40. The summed E-state index contributed by atoms with van der Waals surface area (Å²) in [6, 6.07) is 9.75. The van der Waals surface area contributed by atoms with Gasteiger partial charge < -0.3 is 9.64 Å². The van der Waals surface area contributed by atoms with E-state index in [1.54, 1.807) is 0 Å². The molecule has 0 radical (unpaired) electrons. The van der Waals surface area contributed by atoms with Crippen LogP contribution in [0, 0.1) is 5.92 Å². The highest BCUT2D eigenvalue weighted by atomic mass is 35.5. The third-order valence-corrected chi connectivity index (χ3v) is 4.01. The minimum atomic E-state index is 0.144. The summed E-state index contributed by atoms with van der Waals surface area (Å²) in [6.07, 6.45) is 1.46. The fraction of sp³-hybridized carbons (Fsp3) is 0.533. The van der Waals surface area contributed by atoms with Crippen LogP contribution >= 0.6 is 11.6 Å². The van der Waals surface area contributed by atoms with Crippen molar-refractivity contribution in [3.63, 3.8) is 0 Å². The maximum atomic E-state index is 12.1. The standard InChI is InChI=1S/C15H20ClNO2/c1-12-7-9-17(14(12)11-16)15(18)8-10-19-13-5-3-2-4-6-13/h2-6,12,14H,7-11H2,1H3. The first-order valence-electron chi connectivity index (χ1n) is 6.75. The van der Waals surface area contributed by atoms with Gasteiger partial charge in [0.15, 0.2) is 0 Å². The molecule has 2 rings (SSSR count). The summed E-state index contributed by atoms with van der Waals surface area (Å²) in [5.74, 6) is 1.97. The number of nitrogens with zero attached hydrogens (tertiary/aromatic N) is 1. The van der Waals surface area contributed by atoms with Gasteiger partial charge in [-0.25, -0.2) is 0 Å². The van der Waals surface area contributed by atoms with Crippen LogP contribution in [-0.4, -0.2) is 35.9 Å². The van der Waals surface area contributed by atoms with Crippen molar-refractivity contribution in [3.8, 4) is 5.75 Å². The summed E-state index contributed by atoms with van der Waals surface area (Å²) < 4.78 is 5.55. The van der Waals surface area contributed by atoms with E-state index in [2.05, 4.69) is 6.92 Å². The molecule has 0 aliphatic carbocycles. The summed E-state index contributed by atoms with van der Waals surface area (Å²) in [4.78, 5) is 14.0. The smallest absolute Gasteiger partial charge is 0.226 e. The zero-order valence-electron chi connectivity index (χ0n) is 11.2. The number of ether oxygens (including phenoxy) is 1. The number of halogens is 1. The lowest BCUT2D eigenvalue weighted by molar-refractivity contribution is -0.132. The molecule has 1 aromatic rings. The Kier molecular flexibility index (Phi) is 5.08. The van der Waals surface area contributed by atoms with Crippen LogP contribution < -0.4 is 4.74 Å². The topological polar surface area (TPSA) is 29.5 Å². The Hall–Kier alpha value is -1.22. The van der Waals surface area contributed by atoms with E-state index in [0.717, 1.165) is 18.7 Å². The molecule has 0 saturated carbocycles. The second-order valence-corrected chi connectivity index (χ2v) is 5.29. The van der Waals surface area contributed by atoms with Gasteiger partial charge in [0, 0.05) is 18.5 Å². The Balaban J connectivity index is 1.78. The molecule has 104 valence electrons. The fourth-order valence-corrected chi connectivity index (χ4v) is 2.94. The van der Waals surface area contributed by atoms with Crippen LogP contribution in [0.2, 0.25) is 0 Å². The minimum absolute atomic E-state index is 0.144. The number of likely N-dealkylation sites (tertiary alicyclic amines) is 1. The Morgan fingerprint density at radius 2 is 2.16 bits per heavy atom. The summed E-state index contributed by atoms with van der Waals surface area (Å²) >= 11 is 5.95. The normalized spacial score (nSPS) is 22.5. The van der Waals surface area contributed by atoms with Gasteiger partial charge in [0.05, 0.1) is 13.0 Å². The number of alkyl halides is 1. The third-order valence-electron chi connectivity index (χ3n) is 3.69. The molecule has 2 atom stereocenters. The SMILES string of the molecule is CC1CCN(C(=O)CCOc2ccccc2)C1CCl. The molecule has 1 aliphatic heterocycles. The molecule has 3 nitrogen and oxygen atoms in total. The van der Waals surface area contributed by atoms with Crippen molar-refractivity contribution in [1.82, 2.24) is 4.90 Å². The van der Waals surface area contributed by atoms with Crippen LogP contribution in [-0.2, 0) is 4.79 Å². The fourth-order valence-electron chi connectivity index (χ4n) is 2.47. The molecule has 19 heavy (non-hydrogen) atoms. The molecule has 0 spiro atoms. The molecule has 4 heteroatoms. The monoisotopic (exact) mass is 281 g/mol. The largest absolute Gasteiger partial charge is 0.493 e. The number of benzene rings is 1. The van der Waals surface area contributed by atoms with Gasteiger partial charge >= 0.3 is 0 Å². The number of carbonyl (C=O) groups excluding carboxylic acids is 1. The van der Waals surface area contributed by atoms with Crippen LogP contribution in [0.15, 0.2) is 30.3 Å². The third kappa shape index (κ3) is 3.63. The number of amides is 1. The maximum absolute atomic E-state index is 12.1. The van der Waals surface area contributed by atoms with Gasteiger partial charge in [0.25, 0.3) is 0 Å². The van der Waals surface area contributed by atoms with E-state index < -0.39 is 0 Å². The number of rotatable bonds is 5. The van der Waals surface area contributed by atoms with Gasteiger partial charge in [-0.05, 0) is 24.5 Å². The van der Waals surface area contributed by atoms with E-state index in [1.807, 2.05) is 35.2 Å². The van der Waals surface area contributed by atoms with Crippen molar-refractivity contribution < 1.29 is 9.53 Å². The molecule has 0 aromatic heterocycles. The number of hydrogen-bond donors (Lipinski definition) is 0. The molecule has 1 aliphatic rings. The molecule has 1 heterocycles. The van der Waals surface area contributed by atoms with Crippen LogP contribution in [0.1, 0.15) is 19.8 Å². The number of para-hydroxylation sites is 1. The van der Waals surface area contributed by atoms with Gasteiger partial charge in [-0.2, -0.15) is 0 Å². The first kappa shape index (κ1) is 14.2. The average Bonchev–Trinajstić information content (AvgIpc) is 2.81. The van der Waals surface area contributed by atoms with Gasteiger partial charge in [-0.3, -0.25) is 4.79 Å². The lowest BCUT2D eigenvalue weighted by atomic mass is 10.1. The van der Waals surface area contributed by atoms with Crippen molar-refractivity contribution in [3.05, 3.63) is 30.3 Å². The molecule has 1 amide bonds. The minimum Gasteiger partial charge on any atom is -0.493 e. The Morgan fingerprint density at radius 1 is 1.42 bits per heavy atom. The number of carbonyl (C=O) groups is 1. The molecule has 1 saturated heterocycles. The highest BCUT2D eigenvalue weighted by Gasteiger charge is 2.33. The van der Waals surface area contributed by atoms with E-state index in [4.69, 9.17) is 16.3 Å². The Morgan fingerprint density at radius 3 is 2.84 bits per heavy atom. The van der Waals surface area contributed by atoms with E-state index in [1.165, 1.54) is 0 Å². The lowest BCUT2D eigenvalue weighted by Gasteiger charge is -2.25.